The number of rotatable bonds is 4. The Bertz CT molecular complexity index is 469. The molecule has 1 aromatic carbocycles. The van der Waals surface area contributed by atoms with Crippen LogP contribution in [-0.4, -0.2) is 30.1 Å². The van der Waals surface area contributed by atoms with Crippen molar-refractivity contribution in [3.05, 3.63) is 28.8 Å². The van der Waals surface area contributed by atoms with Gasteiger partial charge in [-0.2, -0.15) is 13.2 Å². The maximum Gasteiger partial charge on any atom is 0.406 e. The number of anilines is 1. The Morgan fingerprint density at radius 3 is 2.45 bits per heavy atom. The average molecular weight is 309 g/mol. The van der Waals surface area contributed by atoms with Crippen molar-refractivity contribution in [1.29, 1.82) is 0 Å². The number of nitrogens with two attached hydrogens (primary N) is 1. The number of nitrogen functional groups attached to an aromatic ring is 1. The van der Waals surface area contributed by atoms with Crippen LogP contribution in [0.2, 0.25) is 5.02 Å². The molecule has 0 aliphatic rings. The second-order valence-electron chi connectivity index (χ2n) is 4.90. The highest BCUT2D eigenvalue weighted by atomic mass is 35.5. The predicted octanol–water partition coefficient (Wildman–Crippen LogP) is 3.58. The minimum Gasteiger partial charge on any atom is -0.398 e. The third-order valence-corrected chi connectivity index (χ3v) is 2.82. The lowest BCUT2D eigenvalue weighted by atomic mass is 10.1. The van der Waals surface area contributed by atoms with Gasteiger partial charge >= 0.3 is 6.18 Å². The number of hydrogen-bond donors (Lipinski definition) is 1. The summed E-state index contributed by atoms with van der Waals surface area (Å²) in [7, 11) is 0. The fourth-order valence-corrected chi connectivity index (χ4v) is 2.06. The van der Waals surface area contributed by atoms with Crippen LogP contribution in [0.15, 0.2) is 18.2 Å². The van der Waals surface area contributed by atoms with Gasteiger partial charge in [0, 0.05) is 12.2 Å². The maximum absolute atomic E-state index is 12.6. The second-order valence-corrected chi connectivity index (χ2v) is 5.31. The van der Waals surface area contributed by atoms with Crippen molar-refractivity contribution in [1.82, 2.24) is 4.90 Å². The molecular formula is C13H16ClF3N2O. The van der Waals surface area contributed by atoms with Crippen LogP contribution in [0.25, 0.3) is 0 Å². The summed E-state index contributed by atoms with van der Waals surface area (Å²) in [5.74, 6) is -0.913. The summed E-state index contributed by atoms with van der Waals surface area (Å²) in [5, 5.41) is 0.0472. The number of halogens is 4. The normalized spacial score (nSPS) is 11.8. The van der Waals surface area contributed by atoms with E-state index < -0.39 is 18.6 Å². The molecular weight excluding hydrogens is 293 g/mol. The SMILES string of the molecule is CC(C)CN(CC(F)(F)F)C(=O)c1c(N)cccc1Cl. The predicted molar refractivity (Wildman–Crippen MR) is 72.7 cm³/mol. The average Bonchev–Trinajstić information content (AvgIpc) is 2.25. The molecule has 7 heteroatoms. The number of carbonyl (C=O) groups excluding carboxylic acids is 1. The second kappa shape index (κ2) is 6.35. The highest BCUT2D eigenvalue weighted by molar-refractivity contribution is 6.34. The van der Waals surface area contributed by atoms with E-state index in [4.69, 9.17) is 17.3 Å². The Balaban J connectivity index is 3.10. The van der Waals surface area contributed by atoms with E-state index >= 15 is 0 Å². The largest absolute Gasteiger partial charge is 0.406 e. The van der Waals surface area contributed by atoms with Crippen LogP contribution in [0, 0.1) is 5.92 Å². The molecule has 0 aromatic heterocycles. The molecule has 0 saturated carbocycles. The lowest BCUT2D eigenvalue weighted by Crippen LogP contribution is -2.41. The van der Waals surface area contributed by atoms with Crippen LogP contribution in [-0.2, 0) is 0 Å². The molecule has 0 fully saturated rings. The molecule has 0 aliphatic carbocycles. The number of hydrogen-bond acceptors (Lipinski definition) is 2. The van der Waals surface area contributed by atoms with E-state index in [1.807, 2.05) is 0 Å². The lowest BCUT2D eigenvalue weighted by molar-refractivity contribution is -0.141. The summed E-state index contributed by atoms with van der Waals surface area (Å²) < 4.78 is 37.7. The Hall–Kier alpha value is -1.43. The van der Waals surface area contributed by atoms with E-state index in [9.17, 15) is 18.0 Å². The van der Waals surface area contributed by atoms with Crippen LogP contribution in [0.3, 0.4) is 0 Å². The summed E-state index contributed by atoms with van der Waals surface area (Å²) in [6.07, 6.45) is -4.47. The van der Waals surface area contributed by atoms with Crippen LogP contribution in [0.5, 0.6) is 0 Å². The fraction of sp³-hybridized carbons (Fsp3) is 0.462. The molecule has 112 valence electrons. The van der Waals surface area contributed by atoms with Crippen LogP contribution in [0.1, 0.15) is 24.2 Å². The van der Waals surface area contributed by atoms with Crippen molar-refractivity contribution in [3.8, 4) is 0 Å². The van der Waals surface area contributed by atoms with E-state index in [-0.39, 0.29) is 28.7 Å². The highest BCUT2D eigenvalue weighted by Gasteiger charge is 2.34. The topological polar surface area (TPSA) is 46.3 Å². The maximum atomic E-state index is 12.6. The minimum atomic E-state index is -4.47. The molecule has 0 bridgehead atoms. The first kappa shape index (κ1) is 16.6. The first-order valence-electron chi connectivity index (χ1n) is 6.02. The zero-order chi connectivity index (χ0) is 15.5. The van der Waals surface area contributed by atoms with Gasteiger partial charge in [-0.25, -0.2) is 0 Å². The Kier molecular flexibility index (Phi) is 5.28. The first-order valence-corrected chi connectivity index (χ1v) is 6.39. The van der Waals surface area contributed by atoms with E-state index in [0.717, 1.165) is 4.90 Å². The summed E-state index contributed by atoms with van der Waals surface area (Å²) >= 11 is 5.87. The molecule has 1 aromatic rings. The van der Waals surface area contributed by atoms with Gasteiger partial charge in [0.2, 0.25) is 0 Å². The van der Waals surface area contributed by atoms with Crippen molar-refractivity contribution in [2.45, 2.75) is 20.0 Å². The molecule has 0 radical (unpaired) electrons. The molecule has 2 N–H and O–H groups in total. The van der Waals surface area contributed by atoms with Gasteiger partial charge < -0.3 is 10.6 Å². The molecule has 0 unspecified atom stereocenters. The molecule has 1 rings (SSSR count). The fourth-order valence-electron chi connectivity index (χ4n) is 1.80. The number of amides is 1. The monoisotopic (exact) mass is 308 g/mol. The third-order valence-electron chi connectivity index (χ3n) is 2.50. The van der Waals surface area contributed by atoms with Gasteiger partial charge in [0.1, 0.15) is 6.54 Å². The van der Waals surface area contributed by atoms with Crippen LogP contribution in [0.4, 0.5) is 18.9 Å². The van der Waals surface area contributed by atoms with Gasteiger partial charge in [-0.15, -0.1) is 0 Å². The van der Waals surface area contributed by atoms with E-state index in [2.05, 4.69) is 0 Å². The van der Waals surface area contributed by atoms with E-state index in [0.29, 0.717) is 0 Å². The molecule has 1 amide bonds. The third kappa shape index (κ3) is 4.59. The minimum absolute atomic E-state index is 0.0248. The molecule has 3 nitrogen and oxygen atoms in total. The van der Waals surface area contributed by atoms with Gasteiger partial charge in [0.05, 0.1) is 10.6 Å². The summed E-state index contributed by atoms with van der Waals surface area (Å²) in [5.41, 5.74) is 5.63. The standard InChI is InChI=1S/C13H16ClF3N2O/c1-8(2)6-19(7-13(15,16)17)12(20)11-9(14)4-3-5-10(11)18/h3-5,8H,6-7,18H2,1-2H3. The van der Waals surface area contributed by atoms with Gasteiger partial charge in [0.25, 0.3) is 5.91 Å². The van der Waals surface area contributed by atoms with Crippen molar-refractivity contribution >= 4 is 23.2 Å². The number of benzene rings is 1. The zero-order valence-corrected chi connectivity index (χ0v) is 11.9. The van der Waals surface area contributed by atoms with Crippen molar-refractivity contribution in [2.75, 3.05) is 18.8 Å². The smallest absolute Gasteiger partial charge is 0.398 e. The Morgan fingerprint density at radius 2 is 2.00 bits per heavy atom. The molecule has 0 atom stereocenters. The number of carbonyl (C=O) groups is 1. The number of alkyl halides is 3. The summed E-state index contributed by atoms with van der Waals surface area (Å²) in [6.45, 7) is 2.11. The summed E-state index contributed by atoms with van der Waals surface area (Å²) in [6, 6.07) is 4.39. The van der Waals surface area contributed by atoms with Crippen molar-refractivity contribution < 1.29 is 18.0 Å². The highest BCUT2D eigenvalue weighted by Crippen LogP contribution is 2.26. The molecule has 0 saturated heterocycles. The van der Waals surface area contributed by atoms with Crippen molar-refractivity contribution in [3.63, 3.8) is 0 Å². The molecule has 20 heavy (non-hydrogen) atoms. The van der Waals surface area contributed by atoms with E-state index in [1.54, 1.807) is 13.8 Å². The van der Waals surface area contributed by atoms with Crippen LogP contribution < -0.4 is 5.73 Å². The van der Waals surface area contributed by atoms with Gasteiger partial charge in [-0.1, -0.05) is 31.5 Å². The van der Waals surface area contributed by atoms with Crippen LogP contribution >= 0.6 is 11.6 Å². The lowest BCUT2D eigenvalue weighted by Gasteiger charge is -2.26. The zero-order valence-electron chi connectivity index (χ0n) is 11.2. The first-order chi connectivity index (χ1) is 9.11. The number of nitrogens with zero attached hydrogens (tertiary/aromatic N) is 1. The van der Waals surface area contributed by atoms with Gasteiger partial charge in [-0.3, -0.25) is 4.79 Å². The Labute approximate surface area is 120 Å². The molecule has 0 heterocycles. The molecule has 0 spiro atoms. The van der Waals surface area contributed by atoms with E-state index in [1.165, 1.54) is 18.2 Å². The van der Waals surface area contributed by atoms with Crippen molar-refractivity contribution in [2.24, 2.45) is 5.92 Å². The Morgan fingerprint density at radius 1 is 1.40 bits per heavy atom. The molecule has 0 aliphatic heterocycles. The van der Waals surface area contributed by atoms with Gasteiger partial charge in [0.15, 0.2) is 0 Å². The quantitative estimate of drug-likeness (QED) is 0.864. The van der Waals surface area contributed by atoms with Gasteiger partial charge in [-0.05, 0) is 18.1 Å². The summed E-state index contributed by atoms with van der Waals surface area (Å²) in [4.78, 5) is 13.0.